The normalized spacial score (nSPS) is 17.4. The molecule has 1 fully saturated rings. The molecule has 1 aliphatic rings. The third-order valence-electron chi connectivity index (χ3n) is 2.63. The minimum Gasteiger partial charge on any atom is -0.367 e. The topological polar surface area (TPSA) is 38.8 Å². The monoisotopic (exact) mass is 221 g/mol. The quantitative estimate of drug-likeness (QED) is 0.769. The Morgan fingerprint density at radius 2 is 2.19 bits per heavy atom. The van der Waals surface area contributed by atoms with Crippen molar-refractivity contribution in [1.29, 1.82) is 0 Å². The SMILES string of the molecule is COC(C(=O)N1CCOC1)c1ccccc1. The summed E-state index contributed by atoms with van der Waals surface area (Å²) in [6.45, 7) is 1.62. The fourth-order valence-corrected chi connectivity index (χ4v) is 1.76. The maximum Gasteiger partial charge on any atom is 0.258 e. The van der Waals surface area contributed by atoms with Crippen LogP contribution in [0.4, 0.5) is 0 Å². The van der Waals surface area contributed by atoms with Gasteiger partial charge in [0.1, 0.15) is 6.73 Å². The standard InChI is InChI=1S/C12H15NO3/c1-15-11(10-5-3-2-4-6-10)12(14)13-7-8-16-9-13/h2-6,11H,7-9H2,1H3. The molecule has 0 spiro atoms. The van der Waals surface area contributed by atoms with E-state index in [1.807, 2.05) is 30.3 Å². The molecule has 1 unspecified atom stereocenters. The van der Waals surface area contributed by atoms with Gasteiger partial charge in [0.2, 0.25) is 0 Å². The summed E-state index contributed by atoms with van der Waals surface area (Å²) in [4.78, 5) is 13.8. The van der Waals surface area contributed by atoms with Crippen LogP contribution in [0.25, 0.3) is 0 Å². The van der Waals surface area contributed by atoms with Crippen molar-refractivity contribution < 1.29 is 14.3 Å². The van der Waals surface area contributed by atoms with E-state index >= 15 is 0 Å². The van der Waals surface area contributed by atoms with E-state index in [0.29, 0.717) is 19.9 Å². The van der Waals surface area contributed by atoms with Crippen molar-refractivity contribution in [3.63, 3.8) is 0 Å². The average Bonchev–Trinajstić information content (AvgIpc) is 2.85. The molecule has 0 aromatic heterocycles. The van der Waals surface area contributed by atoms with Crippen LogP contribution < -0.4 is 0 Å². The van der Waals surface area contributed by atoms with Crippen molar-refractivity contribution in [1.82, 2.24) is 4.90 Å². The molecule has 86 valence electrons. The molecule has 1 atom stereocenters. The van der Waals surface area contributed by atoms with E-state index in [0.717, 1.165) is 5.56 Å². The maximum atomic E-state index is 12.1. The molecule has 1 aliphatic heterocycles. The van der Waals surface area contributed by atoms with Gasteiger partial charge in [-0.05, 0) is 5.56 Å². The summed E-state index contributed by atoms with van der Waals surface area (Å²) in [5.41, 5.74) is 0.877. The second-order valence-electron chi connectivity index (χ2n) is 3.67. The second-order valence-corrected chi connectivity index (χ2v) is 3.67. The first-order chi connectivity index (χ1) is 7.83. The molecule has 2 rings (SSSR count). The van der Waals surface area contributed by atoms with Crippen LogP contribution in [0.5, 0.6) is 0 Å². The van der Waals surface area contributed by atoms with Gasteiger partial charge in [0, 0.05) is 13.7 Å². The zero-order valence-corrected chi connectivity index (χ0v) is 9.26. The smallest absolute Gasteiger partial charge is 0.258 e. The minimum absolute atomic E-state index is 0.0359. The van der Waals surface area contributed by atoms with Crippen LogP contribution in [0.15, 0.2) is 30.3 Å². The van der Waals surface area contributed by atoms with Gasteiger partial charge >= 0.3 is 0 Å². The van der Waals surface area contributed by atoms with Crippen LogP contribution in [-0.4, -0.2) is 37.8 Å². The summed E-state index contributed by atoms with van der Waals surface area (Å²) in [7, 11) is 1.55. The fourth-order valence-electron chi connectivity index (χ4n) is 1.76. The highest BCUT2D eigenvalue weighted by Gasteiger charge is 2.27. The first kappa shape index (κ1) is 11.1. The van der Waals surface area contributed by atoms with Crippen molar-refractivity contribution in [2.75, 3.05) is 27.0 Å². The lowest BCUT2D eigenvalue weighted by molar-refractivity contribution is -0.142. The van der Waals surface area contributed by atoms with Gasteiger partial charge in [0.25, 0.3) is 5.91 Å². The first-order valence-corrected chi connectivity index (χ1v) is 5.27. The molecular formula is C12H15NO3. The molecule has 1 saturated heterocycles. The Labute approximate surface area is 94.8 Å². The van der Waals surface area contributed by atoms with E-state index < -0.39 is 6.10 Å². The summed E-state index contributed by atoms with van der Waals surface area (Å²) in [5, 5.41) is 0. The predicted molar refractivity (Wildman–Crippen MR) is 58.7 cm³/mol. The number of hydrogen-bond donors (Lipinski definition) is 0. The Morgan fingerprint density at radius 1 is 1.44 bits per heavy atom. The van der Waals surface area contributed by atoms with Gasteiger partial charge in [-0.3, -0.25) is 4.79 Å². The average molecular weight is 221 g/mol. The molecule has 0 bridgehead atoms. The Hall–Kier alpha value is -1.39. The van der Waals surface area contributed by atoms with E-state index in [1.165, 1.54) is 0 Å². The zero-order chi connectivity index (χ0) is 11.4. The molecule has 4 nitrogen and oxygen atoms in total. The highest BCUT2D eigenvalue weighted by atomic mass is 16.5. The molecule has 1 aromatic carbocycles. The number of methoxy groups -OCH3 is 1. The van der Waals surface area contributed by atoms with Gasteiger partial charge in [0.05, 0.1) is 6.61 Å². The number of carbonyl (C=O) groups is 1. The van der Waals surface area contributed by atoms with Gasteiger partial charge < -0.3 is 14.4 Å². The van der Waals surface area contributed by atoms with Crippen molar-refractivity contribution in [2.45, 2.75) is 6.10 Å². The number of carbonyl (C=O) groups excluding carboxylic acids is 1. The fraction of sp³-hybridized carbons (Fsp3) is 0.417. The number of benzene rings is 1. The third kappa shape index (κ3) is 2.23. The molecule has 0 radical (unpaired) electrons. The summed E-state index contributed by atoms with van der Waals surface area (Å²) in [6, 6.07) is 9.50. The lowest BCUT2D eigenvalue weighted by atomic mass is 10.1. The zero-order valence-electron chi connectivity index (χ0n) is 9.26. The molecule has 0 N–H and O–H groups in total. The Balaban J connectivity index is 2.13. The van der Waals surface area contributed by atoms with Crippen LogP contribution in [0.1, 0.15) is 11.7 Å². The third-order valence-corrected chi connectivity index (χ3v) is 2.63. The Bertz CT molecular complexity index is 347. The molecule has 1 heterocycles. The molecule has 4 heteroatoms. The highest BCUT2D eigenvalue weighted by Crippen LogP contribution is 2.20. The van der Waals surface area contributed by atoms with E-state index in [1.54, 1.807) is 12.0 Å². The second kappa shape index (κ2) is 5.09. The van der Waals surface area contributed by atoms with Crippen molar-refractivity contribution in [3.05, 3.63) is 35.9 Å². The van der Waals surface area contributed by atoms with Gasteiger partial charge in [-0.1, -0.05) is 30.3 Å². The van der Waals surface area contributed by atoms with Crippen LogP contribution >= 0.6 is 0 Å². The maximum absolute atomic E-state index is 12.1. The molecule has 0 aliphatic carbocycles. The van der Waals surface area contributed by atoms with Crippen molar-refractivity contribution in [2.24, 2.45) is 0 Å². The first-order valence-electron chi connectivity index (χ1n) is 5.27. The number of rotatable bonds is 3. The molecule has 16 heavy (non-hydrogen) atoms. The van der Waals surface area contributed by atoms with Crippen LogP contribution in [-0.2, 0) is 14.3 Å². The lowest BCUT2D eigenvalue weighted by Gasteiger charge is -2.21. The van der Waals surface area contributed by atoms with Crippen LogP contribution in [0.3, 0.4) is 0 Å². The van der Waals surface area contributed by atoms with E-state index in [9.17, 15) is 4.79 Å². The molecule has 1 aromatic rings. The summed E-state index contributed by atoms with van der Waals surface area (Å²) >= 11 is 0. The summed E-state index contributed by atoms with van der Waals surface area (Å²) in [5.74, 6) is -0.0359. The van der Waals surface area contributed by atoms with E-state index in [4.69, 9.17) is 9.47 Å². The lowest BCUT2D eigenvalue weighted by Crippen LogP contribution is -2.33. The van der Waals surface area contributed by atoms with E-state index in [2.05, 4.69) is 0 Å². The van der Waals surface area contributed by atoms with Crippen LogP contribution in [0, 0.1) is 0 Å². The van der Waals surface area contributed by atoms with Gasteiger partial charge in [0.15, 0.2) is 6.10 Å². The van der Waals surface area contributed by atoms with E-state index in [-0.39, 0.29) is 5.91 Å². The largest absolute Gasteiger partial charge is 0.367 e. The highest BCUT2D eigenvalue weighted by molar-refractivity contribution is 5.82. The van der Waals surface area contributed by atoms with Gasteiger partial charge in [-0.25, -0.2) is 0 Å². The van der Waals surface area contributed by atoms with Gasteiger partial charge in [-0.2, -0.15) is 0 Å². The number of hydrogen-bond acceptors (Lipinski definition) is 3. The number of amides is 1. The Morgan fingerprint density at radius 3 is 2.75 bits per heavy atom. The predicted octanol–water partition coefficient (Wildman–Crippen LogP) is 1.19. The van der Waals surface area contributed by atoms with Crippen molar-refractivity contribution in [3.8, 4) is 0 Å². The molecule has 1 amide bonds. The summed E-state index contributed by atoms with van der Waals surface area (Å²) in [6.07, 6.45) is -0.525. The van der Waals surface area contributed by atoms with Crippen LogP contribution in [0.2, 0.25) is 0 Å². The Kier molecular flexibility index (Phi) is 3.54. The minimum atomic E-state index is -0.525. The summed E-state index contributed by atoms with van der Waals surface area (Å²) < 4.78 is 10.4. The molecular weight excluding hydrogens is 206 g/mol. The molecule has 0 saturated carbocycles. The van der Waals surface area contributed by atoms with Crippen molar-refractivity contribution >= 4 is 5.91 Å². The number of ether oxygens (including phenoxy) is 2. The van der Waals surface area contributed by atoms with Gasteiger partial charge in [-0.15, -0.1) is 0 Å². The number of nitrogens with zero attached hydrogens (tertiary/aromatic N) is 1.